The molecule has 0 aromatic carbocycles. The number of nitrogens with one attached hydrogen (secondary N) is 1. The molecule has 0 radical (unpaired) electrons. The number of hydrogen-bond acceptors (Lipinski definition) is 3. The second-order valence-corrected chi connectivity index (χ2v) is 5.20. The predicted octanol–water partition coefficient (Wildman–Crippen LogP) is 3.97. The average molecular weight is 303 g/mol. The van der Waals surface area contributed by atoms with Gasteiger partial charge in [-0.15, -0.1) is 11.3 Å². The molecule has 0 aliphatic rings. The fourth-order valence-corrected chi connectivity index (χ4v) is 2.42. The van der Waals surface area contributed by atoms with Crippen LogP contribution < -0.4 is 5.32 Å². The second kappa shape index (κ2) is 6.13. The zero-order valence-corrected chi connectivity index (χ0v) is 11.2. The summed E-state index contributed by atoms with van der Waals surface area (Å²) in [4.78, 5) is 12.2. The summed E-state index contributed by atoms with van der Waals surface area (Å²) in [5, 5.41) is 4.38. The first kappa shape index (κ1) is 14.6. The van der Waals surface area contributed by atoms with Gasteiger partial charge in [-0.3, -0.25) is 4.79 Å². The molecule has 7 heteroatoms. The van der Waals surface area contributed by atoms with Gasteiger partial charge in [0.05, 0.1) is 25.5 Å². The van der Waals surface area contributed by atoms with Crippen LogP contribution in [-0.4, -0.2) is 12.1 Å². The monoisotopic (exact) mass is 303 g/mol. The van der Waals surface area contributed by atoms with Crippen LogP contribution in [0.4, 0.5) is 13.2 Å². The van der Waals surface area contributed by atoms with Gasteiger partial charge >= 0.3 is 6.18 Å². The van der Waals surface area contributed by atoms with Gasteiger partial charge in [0.15, 0.2) is 0 Å². The summed E-state index contributed by atoms with van der Waals surface area (Å²) in [6, 6.07) is 3.69. The summed E-state index contributed by atoms with van der Waals surface area (Å²) in [5.41, 5.74) is 1.89. The highest BCUT2D eigenvalue weighted by molar-refractivity contribution is 7.10. The molecule has 0 spiro atoms. The number of carbonyl (C=O) groups is 1. The summed E-state index contributed by atoms with van der Waals surface area (Å²) in [6.07, 6.45) is -2.76. The zero-order chi connectivity index (χ0) is 14.6. The highest BCUT2D eigenvalue weighted by atomic mass is 32.1. The fraction of sp³-hybridized carbons (Fsp3) is 0.308. The minimum absolute atomic E-state index is 0.235. The maximum absolute atomic E-state index is 12.0. The van der Waals surface area contributed by atoms with Crippen molar-refractivity contribution in [2.24, 2.45) is 0 Å². The van der Waals surface area contributed by atoms with Gasteiger partial charge < -0.3 is 9.73 Å². The Morgan fingerprint density at radius 1 is 1.35 bits per heavy atom. The number of hydrogen-bond donors (Lipinski definition) is 1. The summed E-state index contributed by atoms with van der Waals surface area (Å²) < 4.78 is 40.8. The van der Waals surface area contributed by atoms with Crippen LogP contribution in [0, 0.1) is 0 Å². The van der Waals surface area contributed by atoms with Gasteiger partial charge in [-0.1, -0.05) is 0 Å². The third-order valence-electron chi connectivity index (χ3n) is 2.60. The summed E-state index contributed by atoms with van der Waals surface area (Å²) in [6.45, 7) is 0.235. The van der Waals surface area contributed by atoms with E-state index < -0.39 is 24.9 Å². The molecule has 0 atom stereocenters. The molecule has 3 nitrogen and oxygen atoms in total. The summed E-state index contributed by atoms with van der Waals surface area (Å²) >= 11 is 1.43. The van der Waals surface area contributed by atoms with Crippen molar-refractivity contribution in [3.05, 3.63) is 34.9 Å². The Morgan fingerprint density at radius 3 is 2.80 bits per heavy atom. The molecular weight excluding hydrogens is 291 g/mol. The molecule has 0 unspecified atom stereocenters. The molecule has 2 heterocycles. The van der Waals surface area contributed by atoms with E-state index in [4.69, 9.17) is 4.42 Å². The molecular formula is C13H12F3NO2S. The molecule has 0 saturated heterocycles. The van der Waals surface area contributed by atoms with E-state index >= 15 is 0 Å². The smallest absolute Gasteiger partial charge is 0.389 e. The number of amides is 1. The highest BCUT2D eigenvalue weighted by Crippen LogP contribution is 2.26. The molecule has 0 aliphatic heterocycles. The maximum atomic E-state index is 12.0. The first-order valence-corrected chi connectivity index (χ1v) is 6.75. The minimum atomic E-state index is -4.30. The van der Waals surface area contributed by atoms with E-state index in [1.165, 1.54) is 11.3 Å². The third-order valence-corrected chi connectivity index (χ3v) is 3.54. The number of alkyl halides is 3. The number of carbonyl (C=O) groups excluding carboxylic acids is 1. The lowest BCUT2D eigenvalue weighted by Crippen LogP contribution is -2.24. The van der Waals surface area contributed by atoms with Crippen LogP contribution in [-0.2, 0) is 11.3 Å². The van der Waals surface area contributed by atoms with Crippen molar-refractivity contribution in [2.75, 3.05) is 0 Å². The molecule has 0 saturated carbocycles. The first-order valence-electron chi connectivity index (χ1n) is 5.87. The van der Waals surface area contributed by atoms with E-state index in [0.29, 0.717) is 0 Å². The lowest BCUT2D eigenvalue weighted by Gasteiger charge is -2.06. The average Bonchev–Trinajstić information content (AvgIpc) is 3.03. The van der Waals surface area contributed by atoms with Crippen molar-refractivity contribution < 1.29 is 22.4 Å². The Balaban J connectivity index is 1.81. The Labute approximate surface area is 117 Å². The van der Waals surface area contributed by atoms with Crippen molar-refractivity contribution >= 4 is 17.2 Å². The van der Waals surface area contributed by atoms with Crippen LogP contribution in [0.1, 0.15) is 17.7 Å². The Morgan fingerprint density at radius 2 is 2.15 bits per heavy atom. The SMILES string of the molecule is O=C(CCC(F)(F)F)NCc1cc(-c2ccoc2)cs1. The molecule has 108 valence electrons. The van der Waals surface area contributed by atoms with Gasteiger partial charge in [0, 0.05) is 16.9 Å². The van der Waals surface area contributed by atoms with Crippen molar-refractivity contribution in [3.8, 4) is 11.1 Å². The van der Waals surface area contributed by atoms with Crippen LogP contribution in [0.3, 0.4) is 0 Å². The number of furan rings is 1. The van der Waals surface area contributed by atoms with Crippen LogP contribution in [0.2, 0.25) is 0 Å². The standard InChI is InChI=1S/C13H12F3NO2S/c14-13(15,16)3-1-12(18)17-6-11-5-10(8-20-11)9-2-4-19-7-9/h2,4-5,7-8H,1,3,6H2,(H,17,18). The number of thiophene rings is 1. The predicted molar refractivity (Wildman–Crippen MR) is 69.2 cm³/mol. The van der Waals surface area contributed by atoms with E-state index in [1.54, 1.807) is 12.5 Å². The van der Waals surface area contributed by atoms with Gasteiger partial charge in [0.25, 0.3) is 0 Å². The van der Waals surface area contributed by atoms with Gasteiger partial charge in [-0.25, -0.2) is 0 Å². The molecule has 20 heavy (non-hydrogen) atoms. The van der Waals surface area contributed by atoms with Crippen molar-refractivity contribution in [3.63, 3.8) is 0 Å². The molecule has 2 rings (SSSR count). The Kier molecular flexibility index (Phi) is 4.49. The maximum Gasteiger partial charge on any atom is 0.389 e. The first-order chi connectivity index (χ1) is 9.44. The van der Waals surface area contributed by atoms with Crippen molar-refractivity contribution in [1.29, 1.82) is 0 Å². The topological polar surface area (TPSA) is 42.2 Å². The summed E-state index contributed by atoms with van der Waals surface area (Å²) in [5.74, 6) is -0.597. The van der Waals surface area contributed by atoms with Crippen molar-refractivity contribution in [2.45, 2.75) is 25.6 Å². The largest absolute Gasteiger partial charge is 0.472 e. The lowest BCUT2D eigenvalue weighted by molar-refractivity contribution is -0.144. The van der Waals surface area contributed by atoms with Gasteiger partial charge in [-0.05, 0) is 23.1 Å². The van der Waals surface area contributed by atoms with Crippen LogP contribution in [0.25, 0.3) is 11.1 Å². The molecule has 1 N–H and O–H groups in total. The Bertz CT molecular complexity index is 560. The van der Waals surface area contributed by atoms with Gasteiger partial charge in [-0.2, -0.15) is 13.2 Å². The molecule has 0 bridgehead atoms. The van der Waals surface area contributed by atoms with E-state index in [2.05, 4.69) is 5.32 Å². The molecule has 0 fully saturated rings. The normalized spacial score (nSPS) is 11.6. The van der Waals surface area contributed by atoms with E-state index in [0.717, 1.165) is 16.0 Å². The van der Waals surface area contributed by atoms with Gasteiger partial charge in [0.2, 0.25) is 5.91 Å². The van der Waals surface area contributed by atoms with Crippen LogP contribution >= 0.6 is 11.3 Å². The Hall–Kier alpha value is -1.76. The van der Waals surface area contributed by atoms with E-state index in [9.17, 15) is 18.0 Å². The fourth-order valence-electron chi connectivity index (χ4n) is 1.58. The third kappa shape index (κ3) is 4.41. The quantitative estimate of drug-likeness (QED) is 0.908. The number of rotatable bonds is 5. The van der Waals surface area contributed by atoms with Crippen LogP contribution in [0.5, 0.6) is 0 Å². The zero-order valence-electron chi connectivity index (χ0n) is 10.4. The number of halogens is 3. The molecule has 2 aromatic heterocycles. The molecule has 1 amide bonds. The summed E-state index contributed by atoms with van der Waals surface area (Å²) in [7, 11) is 0. The highest BCUT2D eigenvalue weighted by Gasteiger charge is 2.27. The van der Waals surface area contributed by atoms with Crippen LogP contribution in [0.15, 0.2) is 34.5 Å². The van der Waals surface area contributed by atoms with E-state index in [1.807, 2.05) is 17.5 Å². The minimum Gasteiger partial charge on any atom is -0.472 e. The van der Waals surface area contributed by atoms with Gasteiger partial charge in [0.1, 0.15) is 0 Å². The molecule has 0 aliphatic carbocycles. The van der Waals surface area contributed by atoms with Crippen molar-refractivity contribution in [1.82, 2.24) is 5.32 Å². The lowest BCUT2D eigenvalue weighted by atomic mass is 10.2. The van der Waals surface area contributed by atoms with E-state index in [-0.39, 0.29) is 6.54 Å². The molecule has 2 aromatic rings. The second-order valence-electron chi connectivity index (χ2n) is 4.21.